The normalized spacial score (nSPS) is 18.5. The largest absolute Gasteiger partial charge is 0.497 e. The van der Waals surface area contributed by atoms with E-state index in [1.165, 1.54) is 6.42 Å². The van der Waals surface area contributed by atoms with Crippen LogP contribution < -0.4 is 4.74 Å². The number of hydrogen-bond acceptors (Lipinski definition) is 5. The first-order valence-electron chi connectivity index (χ1n) is 8.48. The molecule has 5 heteroatoms. The maximum Gasteiger partial charge on any atom is 0.119 e. The van der Waals surface area contributed by atoms with Gasteiger partial charge in [0, 0.05) is 44.1 Å². The number of methoxy groups -OCH3 is 2. The highest BCUT2D eigenvalue weighted by atomic mass is 16.5. The molecule has 2 aromatic rings. The summed E-state index contributed by atoms with van der Waals surface area (Å²) in [6, 6.07) is 8.05. The predicted octanol–water partition coefficient (Wildman–Crippen LogP) is 2.98. The van der Waals surface area contributed by atoms with Crippen LogP contribution in [0.15, 0.2) is 36.7 Å². The number of likely N-dealkylation sites (tertiary alicyclic amines) is 1. The van der Waals surface area contributed by atoms with Gasteiger partial charge in [-0.1, -0.05) is 12.1 Å². The molecule has 0 spiro atoms. The van der Waals surface area contributed by atoms with Gasteiger partial charge in [-0.05, 0) is 31.5 Å². The molecule has 1 atom stereocenters. The van der Waals surface area contributed by atoms with Gasteiger partial charge in [0.25, 0.3) is 0 Å². The summed E-state index contributed by atoms with van der Waals surface area (Å²) >= 11 is 0. The highest BCUT2D eigenvalue weighted by molar-refractivity contribution is 5.64. The lowest BCUT2D eigenvalue weighted by Crippen LogP contribution is -2.37. The Bertz CT molecular complexity index is 663. The van der Waals surface area contributed by atoms with E-state index < -0.39 is 0 Å². The van der Waals surface area contributed by atoms with Crippen LogP contribution >= 0.6 is 0 Å². The van der Waals surface area contributed by atoms with E-state index in [-0.39, 0.29) is 0 Å². The second-order valence-corrected chi connectivity index (χ2v) is 6.15. The minimum Gasteiger partial charge on any atom is -0.497 e. The average molecular weight is 327 g/mol. The molecule has 1 aliphatic rings. The van der Waals surface area contributed by atoms with Gasteiger partial charge in [-0.15, -0.1) is 0 Å². The molecule has 2 heterocycles. The van der Waals surface area contributed by atoms with Gasteiger partial charge in [0.15, 0.2) is 0 Å². The average Bonchev–Trinajstić information content (AvgIpc) is 2.66. The van der Waals surface area contributed by atoms with Crippen molar-refractivity contribution < 1.29 is 9.47 Å². The van der Waals surface area contributed by atoms with E-state index in [2.05, 4.69) is 20.9 Å². The molecule has 0 bridgehead atoms. The summed E-state index contributed by atoms with van der Waals surface area (Å²) in [6.45, 7) is 3.89. The lowest BCUT2D eigenvalue weighted by molar-refractivity contribution is 0.127. The Morgan fingerprint density at radius 3 is 2.92 bits per heavy atom. The van der Waals surface area contributed by atoms with Gasteiger partial charge in [-0.25, -0.2) is 0 Å². The number of nitrogens with zero attached hydrogens (tertiary/aromatic N) is 3. The molecule has 128 valence electrons. The van der Waals surface area contributed by atoms with Crippen LogP contribution in [0.2, 0.25) is 0 Å². The van der Waals surface area contributed by atoms with Crippen LogP contribution in [0, 0.1) is 0 Å². The van der Waals surface area contributed by atoms with Crippen molar-refractivity contribution in [3.05, 3.63) is 42.4 Å². The van der Waals surface area contributed by atoms with Crippen molar-refractivity contribution in [1.29, 1.82) is 0 Å². The Morgan fingerprint density at radius 2 is 2.08 bits per heavy atom. The molecule has 3 rings (SSSR count). The fourth-order valence-electron chi connectivity index (χ4n) is 3.34. The van der Waals surface area contributed by atoms with Crippen LogP contribution in [0.1, 0.15) is 24.5 Å². The summed E-state index contributed by atoms with van der Waals surface area (Å²) in [5.74, 6) is 1.25. The van der Waals surface area contributed by atoms with Crippen LogP contribution in [0.25, 0.3) is 11.3 Å². The molecule has 24 heavy (non-hydrogen) atoms. The molecule has 1 unspecified atom stereocenters. The number of rotatable bonds is 6. The van der Waals surface area contributed by atoms with Gasteiger partial charge in [0.1, 0.15) is 5.75 Å². The molecule has 1 aromatic carbocycles. The van der Waals surface area contributed by atoms with Crippen LogP contribution in [0.4, 0.5) is 0 Å². The highest BCUT2D eigenvalue weighted by Gasteiger charge is 2.25. The smallest absolute Gasteiger partial charge is 0.119 e. The van der Waals surface area contributed by atoms with Crippen molar-refractivity contribution in [2.45, 2.75) is 18.8 Å². The molecule has 1 saturated heterocycles. The van der Waals surface area contributed by atoms with Gasteiger partial charge >= 0.3 is 0 Å². The number of benzene rings is 1. The van der Waals surface area contributed by atoms with Crippen molar-refractivity contribution in [2.75, 3.05) is 40.5 Å². The van der Waals surface area contributed by atoms with Crippen LogP contribution in [-0.4, -0.2) is 55.3 Å². The van der Waals surface area contributed by atoms with Gasteiger partial charge < -0.3 is 14.4 Å². The third kappa shape index (κ3) is 3.91. The molecule has 0 amide bonds. The minimum atomic E-state index is 0.408. The summed E-state index contributed by atoms with van der Waals surface area (Å²) in [5, 5.41) is 0. The summed E-state index contributed by atoms with van der Waals surface area (Å²) in [5.41, 5.74) is 3.12. The Morgan fingerprint density at radius 1 is 1.21 bits per heavy atom. The molecular formula is C19H25N3O2. The SMILES string of the molecule is COCCN1CCCC(c2nccnc2-c2cccc(OC)c2)C1. The van der Waals surface area contributed by atoms with Crippen LogP contribution in [0.5, 0.6) is 5.75 Å². The fraction of sp³-hybridized carbons (Fsp3) is 0.474. The number of piperidine rings is 1. The molecule has 0 radical (unpaired) electrons. The molecule has 5 nitrogen and oxygen atoms in total. The fourth-order valence-corrected chi connectivity index (χ4v) is 3.34. The molecule has 1 fully saturated rings. The van der Waals surface area contributed by atoms with Crippen LogP contribution in [-0.2, 0) is 4.74 Å². The lowest BCUT2D eigenvalue weighted by atomic mass is 9.91. The summed E-state index contributed by atoms with van der Waals surface area (Å²) < 4.78 is 10.6. The van der Waals surface area contributed by atoms with E-state index in [9.17, 15) is 0 Å². The molecule has 0 N–H and O–H groups in total. The maximum absolute atomic E-state index is 5.35. The van der Waals surface area contributed by atoms with Crippen molar-refractivity contribution in [3.63, 3.8) is 0 Å². The lowest BCUT2D eigenvalue weighted by Gasteiger charge is -2.32. The zero-order valence-corrected chi connectivity index (χ0v) is 14.4. The first-order valence-corrected chi connectivity index (χ1v) is 8.48. The minimum absolute atomic E-state index is 0.408. The molecule has 0 aliphatic carbocycles. The second kappa shape index (κ2) is 8.22. The predicted molar refractivity (Wildman–Crippen MR) is 94.3 cm³/mol. The quantitative estimate of drug-likeness (QED) is 0.816. The standard InChI is InChI=1S/C19H25N3O2/c1-23-12-11-22-10-4-6-16(14-22)19-18(20-8-9-21-19)15-5-3-7-17(13-15)24-2/h3,5,7-9,13,16H,4,6,10-12,14H2,1-2H3. The number of hydrogen-bond donors (Lipinski definition) is 0. The molecule has 1 aliphatic heterocycles. The summed E-state index contributed by atoms with van der Waals surface area (Å²) in [6.07, 6.45) is 5.90. The topological polar surface area (TPSA) is 47.5 Å². The van der Waals surface area contributed by atoms with E-state index in [0.717, 1.165) is 55.4 Å². The number of aromatic nitrogens is 2. The third-order valence-electron chi connectivity index (χ3n) is 4.57. The Labute approximate surface area is 143 Å². The van der Waals surface area contributed by atoms with E-state index in [0.29, 0.717) is 5.92 Å². The van der Waals surface area contributed by atoms with Crippen LogP contribution in [0.3, 0.4) is 0 Å². The van der Waals surface area contributed by atoms with Gasteiger partial charge in [-0.2, -0.15) is 0 Å². The third-order valence-corrected chi connectivity index (χ3v) is 4.57. The first-order chi connectivity index (χ1) is 11.8. The van der Waals surface area contributed by atoms with Crippen molar-refractivity contribution >= 4 is 0 Å². The van der Waals surface area contributed by atoms with E-state index in [1.807, 2.05) is 18.2 Å². The van der Waals surface area contributed by atoms with E-state index >= 15 is 0 Å². The molecule has 1 aromatic heterocycles. The van der Waals surface area contributed by atoms with Gasteiger partial charge in [-0.3, -0.25) is 9.97 Å². The zero-order valence-electron chi connectivity index (χ0n) is 14.4. The van der Waals surface area contributed by atoms with Gasteiger partial charge in [0.2, 0.25) is 0 Å². The van der Waals surface area contributed by atoms with Crippen molar-refractivity contribution in [2.24, 2.45) is 0 Å². The first kappa shape index (κ1) is 16.9. The van der Waals surface area contributed by atoms with E-state index in [4.69, 9.17) is 9.47 Å². The summed E-state index contributed by atoms with van der Waals surface area (Å²) in [4.78, 5) is 11.8. The molecular weight excluding hydrogens is 302 g/mol. The number of ether oxygens (including phenoxy) is 2. The molecule has 0 saturated carbocycles. The summed E-state index contributed by atoms with van der Waals surface area (Å²) in [7, 11) is 3.44. The maximum atomic E-state index is 5.35. The van der Waals surface area contributed by atoms with Gasteiger partial charge in [0.05, 0.1) is 25.1 Å². The Hall–Kier alpha value is -1.98. The van der Waals surface area contributed by atoms with Crippen molar-refractivity contribution in [3.8, 4) is 17.0 Å². The van der Waals surface area contributed by atoms with E-state index in [1.54, 1.807) is 26.6 Å². The zero-order chi connectivity index (χ0) is 16.8. The Kier molecular flexibility index (Phi) is 5.77. The Balaban J connectivity index is 1.86. The monoisotopic (exact) mass is 327 g/mol. The van der Waals surface area contributed by atoms with Crippen molar-refractivity contribution in [1.82, 2.24) is 14.9 Å². The highest BCUT2D eigenvalue weighted by Crippen LogP contribution is 2.32. The second-order valence-electron chi connectivity index (χ2n) is 6.15.